The number of hydrogen-bond donors (Lipinski definition) is 2. The van der Waals surface area contributed by atoms with Crippen LogP contribution in [0.4, 0.5) is 11.6 Å². The fourth-order valence-electron chi connectivity index (χ4n) is 1.26. The first-order valence-corrected chi connectivity index (χ1v) is 7.12. The Morgan fingerprint density at radius 1 is 1.11 bits per heavy atom. The van der Waals surface area contributed by atoms with Crippen molar-refractivity contribution in [1.82, 2.24) is 15.0 Å². The van der Waals surface area contributed by atoms with Crippen molar-refractivity contribution in [3.05, 3.63) is 34.8 Å². The van der Waals surface area contributed by atoms with Crippen molar-refractivity contribution in [2.45, 2.75) is 4.90 Å². The summed E-state index contributed by atoms with van der Waals surface area (Å²) < 4.78 is 22.4. The van der Waals surface area contributed by atoms with E-state index in [1.54, 1.807) is 6.07 Å². The molecule has 3 N–H and O–H groups in total. The van der Waals surface area contributed by atoms with Gasteiger partial charge < -0.3 is 5.32 Å². The number of nitrogens with two attached hydrogens (primary N) is 1. The van der Waals surface area contributed by atoms with Crippen LogP contribution in [0.15, 0.2) is 29.2 Å². The molecular weight excluding hydrogens is 313 g/mol. The van der Waals surface area contributed by atoms with E-state index in [9.17, 15) is 8.42 Å². The van der Waals surface area contributed by atoms with Gasteiger partial charge in [-0.2, -0.15) is 15.0 Å². The number of benzene rings is 1. The Labute approximate surface area is 118 Å². The average molecular weight is 320 g/mol. The molecule has 0 spiro atoms. The van der Waals surface area contributed by atoms with Crippen LogP contribution in [0.3, 0.4) is 0 Å². The summed E-state index contributed by atoms with van der Waals surface area (Å²) in [6.45, 7) is 0. The van der Waals surface area contributed by atoms with Gasteiger partial charge in [0.05, 0.1) is 4.90 Å². The van der Waals surface area contributed by atoms with Gasteiger partial charge in [-0.3, -0.25) is 0 Å². The standard InChI is InChI=1S/C9H7Cl2N5O2S/c10-7-14-8(11)16-9(15-7)13-5-2-1-3-6(4-5)19(12,17)18/h1-4H,(H2,12,17,18)(H,13,14,15,16). The molecule has 0 atom stereocenters. The van der Waals surface area contributed by atoms with Gasteiger partial charge in [0.2, 0.25) is 26.5 Å². The second kappa shape index (κ2) is 5.25. The second-order valence-electron chi connectivity index (χ2n) is 3.39. The van der Waals surface area contributed by atoms with Crippen LogP contribution in [0.1, 0.15) is 0 Å². The van der Waals surface area contributed by atoms with Crippen LogP contribution >= 0.6 is 23.2 Å². The fourth-order valence-corrected chi connectivity index (χ4v) is 2.18. The van der Waals surface area contributed by atoms with Gasteiger partial charge in [-0.25, -0.2) is 13.6 Å². The highest BCUT2D eigenvalue weighted by atomic mass is 35.5. The van der Waals surface area contributed by atoms with Gasteiger partial charge in [0, 0.05) is 5.69 Å². The highest BCUT2D eigenvalue weighted by molar-refractivity contribution is 7.89. The number of nitrogens with one attached hydrogen (secondary N) is 1. The van der Waals surface area contributed by atoms with Gasteiger partial charge in [-0.1, -0.05) is 6.07 Å². The Balaban J connectivity index is 2.33. The molecule has 0 aliphatic rings. The second-order valence-corrected chi connectivity index (χ2v) is 5.63. The molecular formula is C9H7Cl2N5O2S. The quantitative estimate of drug-likeness (QED) is 0.888. The molecule has 7 nitrogen and oxygen atoms in total. The summed E-state index contributed by atoms with van der Waals surface area (Å²) in [6, 6.07) is 5.83. The lowest BCUT2D eigenvalue weighted by molar-refractivity contribution is 0.598. The Hall–Kier alpha value is -1.48. The maximum absolute atomic E-state index is 11.2. The van der Waals surface area contributed by atoms with Crippen molar-refractivity contribution in [3.63, 3.8) is 0 Å². The van der Waals surface area contributed by atoms with Crippen molar-refractivity contribution in [2.75, 3.05) is 5.32 Å². The zero-order valence-electron chi connectivity index (χ0n) is 9.21. The first kappa shape index (κ1) is 13.9. The van der Waals surface area contributed by atoms with Crippen LogP contribution < -0.4 is 10.5 Å². The molecule has 1 heterocycles. The summed E-state index contributed by atoms with van der Waals surface area (Å²) in [5.74, 6) is 0.0940. The third kappa shape index (κ3) is 3.74. The Morgan fingerprint density at radius 2 is 1.74 bits per heavy atom. The minimum absolute atomic E-state index is 0.0382. The van der Waals surface area contributed by atoms with Crippen molar-refractivity contribution in [1.29, 1.82) is 0 Å². The smallest absolute Gasteiger partial charge is 0.238 e. The van der Waals surface area contributed by atoms with E-state index in [2.05, 4.69) is 20.3 Å². The minimum Gasteiger partial charge on any atom is -0.324 e. The molecule has 10 heteroatoms. The molecule has 1 aromatic carbocycles. The molecule has 0 amide bonds. The molecule has 0 aliphatic carbocycles. The molecule has 0 radical (unpaired) electrons. The Bertz CT molecular complexity index is 702. The molecule has 0 aliphatic heterocycles. The molecule has 0 bridgehead atoms. The number of halogens is 2. The number of aromatic nitrogens is 3. The van der Waals surface area contributed by atoms with E-state index in [4.69, 9.17) is 28.3 Å². The normalized spacial score (nSPS) is 11.3. The Kier molecular flexibility index (Phi) is 3.85. The van der Waals surface area contributed by atoms with Gasteiger partial charge in [0.25, 0.3) is 0 Å². The largest absolute Gasteiger partial charge is 0.324 e. The molecule has 1 aromatic heterocycles. The summed E-state index contributed by atoms with van der Waals surface area (Å²) in [5, 5.41) is 7.62. The van der Waals surface area contributed by atoms with Gasteiger partial charge in [0.15, 0.2) is 0 Å². The van der Waals surface area contributed by atoms with Crippen LogP contribution in [0.25, 0.3) is 0 Å². The summed E-state index contributed by atoms with van der Waals surface area (Å²) >= 11 is 11.2. The van der Waals surface area contributed by atoms with Crippen LogP contribution in [0.5, 0.6) is 0 Å². The van der Waals surface area contributed by atoms with E-state index in [-0.39, 0.29) is 21.4 Å². The van der Waals surface area contributed by atoms with Gasteiger partial charge in [-0.15, -0.1) is 0 Å². The molecule has 0 unspecified atom stereocenters. The van der Waals surface area contributed by atoms with E-state index < -0.39 is 10.0 Å². The lowest BCUT2D eigenvalue weighted by Crippen LogP contribution is -2.12. The molecule has 0 saturated carbocycles. The predicted molar refractivity (Wildman–Crippen MR) is 70.9 cm³/mol. The lowest BCUT2D eigenvalue weighted by atomic mass is 10.3. The van der Waals surface area contributed by atoms with E-state index in [0.717, 1.165) is 0 Å². The zero-order valence-corrected chi connectivity index (χ0v) is 11.5. The summed E-state index contributed by atoms with van der Waals surface area (Å²) in [5.41, 5.74) is 0.421. The predicted octanol–water partition coefficient (Wildman–Crippen LogP) is 1.57. The number of hydrogen-bond acceptors (Lipinski definition) is 6. The van der Waals surface area contributed by atoms with Crippen LogP contribution in [0, 0.1) is 0 Å². The topological polar surface area (TPSA) is 111 Å². The third-order valence-electron chi connectivity index (χ3n) is 2.00. The molecule has 100 valence electrons. The van der Waals surface area contributed by atoms with Crippen molar-refractivity contribution < 1.29 is 8.42 Å². The van der Waals surface area contributed by atoms with E-state index in [0.29, 0.717) is 5.69 Å². The minimum atomic E-state index is -3.78. The molecule has 19 heavy (non-hydrogen) atoms. The van der Waals surface area contributed by atoms with Crippen LogP contribution in [-0.2, 0) is 10.0 Å². The van der Waals surface area contributed by atoms with Crippen molar-refractivity contribution >= 4 is 44.9 Å². The summed E-state index contributed by atoms with van der Waals surface area (Å²) in [4.78, 5) is 11.1. The van der Waals surface area contributed by atoms with E-state index in [1.807, 2.05) is 0 Å². The Morgan fingerprint density at radius 3 is 2.32 bits per heavy atom. The highest BCUT2D eigenvalue weighted by Crippen LogP contribution is 2.18. The van der Waals surface area contributed by atoms with E-state index >= 15 is 0 Å². The first-order chi connectivity index (χ1) is 8.84. The van der Waals surface area contributed by atoms with E-state index in [1.165, 1.54) is 18.2 Å². The number of rotatable bonds is 3. The number of anilines is 2. The number of nitrogens with zero attached hydrogens (tertiary/aromatic N) is 3. The zero-order chi connectivity index (χ0) is 14.0. The molecule has 0 fully saturated rings. The van der Waals surface area contributed by atoms with Gasteiger partial charge >= 0.3 is 0 Å². The summed E-state index contributed by atoms with van der Waals surface area (Å²) in [7, 11) is -3.78. The van der Waals surface area contributed by atoms with Gasteiger partial charge in [0.1, 0.15) is 0 Å². The SMILES string of the molecule is NS(=O)(=O)c1cccc(Nc2nc(Cl)nc(Cl)n2)c1. The molecule has 0 saturated heterocycles. The maximum Gasteiger partial charge on any atom is 0.238 e. The molecule has 2 aromatic rings. The van der Waals surface area contributed by atoms with Gasteiger partial charge in [-0.05, 0) is 41.4 Å². The van der Waals surface area contributed by atoms with Crippen LogP contribution in [-0.4, -0.2) is 23.4 Å². The number of sulfonamides is 1. The first-order valence-electron chi connectivity index (χ1n) is 4.81. The summed E-state index contributed by atoms with van der Waals surface area (Å²) in [6.07, 6.45) is 0. The fraction of sp³-hybridized carbons (Fsp3) is 0. The van der Waals surface area contributed by atoms with Crippen molar-refractivity contribution in [2.24, 2.45) is 5.14 Å². The van der Waals surface area contributed by atoms with Crippen molar-refractivity contribution in [3.8, 4) is 0 Å². The molecule has 2 rings (SSSR count). The third-order valence-corrected chi connectivity index (χ3v) is 3.25. The average Bonchev–Trinajstić information content (AvgIpc) is 2.26. The number of primary sulfonamides is 1. The lowest BCUT2D eigenvalue weighted by Gasteiger charge is -2.06. The maximum atomic E-state index is 11.2. The van der Waals surface area contributed by atoms with Crippen LogP contribution in [0.2, 0.25) is 10.6 Å². The highest BCUT2D eigenvalue weighted by Gasteiger charge is 2.09. The monoisotopic (exact) mass is 319 g/mol.